The summed E-state index contributed by atoms with van der Waals surface area (Å²) in [7, 11) is 1.45. The maximum absolute atomic E-state index is 11.9. The van der Waals surface area contributed by atoms with Crippen LogP contribution >= 0.6 is 11.6 Å². The first-order valence-corrected chi connectivity index (χ1v) is 8.63. The van der Waals surface area contributed by atoms with E-state index in [0.717, 1.165) is 0 Å². The number of anilines is 1. The van der Waals surface area contributed by atoms with E-state index in [2.05, 4.69) is 10.3 Å². The number of hydrogen-bond donors (Lipinski definition) is 1. The van der Waals surface area contributed by atoms with Crippen molar-refractivity contribution in [1.29, 1.82) is 0 Å². The Morgan fingerprint density at radius 2 is 2.00 bits per heavy atom. The fraction of sp³-hybridized carbons (Fsp3) is 0.263. The Labute approximate surface area is 167 Å². The second-order valence-electron chi connectivity index (χ2n) is 6.71. The number of carbonyl (C=O) groups excluding carboxylic acids is 1. The molecule has 0 bridgehead atoms. The van der Waals surface area contributed by atoms with Gasteiger partial charge in [0.05, 0.1) is 33.9 Å². The largest absolute Gasteiger partial charge is 0.481 e. The SMILES string of the molecule is COc1nccc(Cl)c1C=Cc1ccc(NC(=O)OC(C)(C)C)cc1[N+](=O)[O-]. The highest BCUT2D eigenvalue weighted by Crippen LogP contribution is 2.29. The van der Waals surface area contributed by atoms with Gasteiger partial charge in [0.25, 0.3) is 5.69 Å². The van der Waals surface area contributed by atoms with Gasteiger partial charge in [-0.3, -0.25) is 15.4 Å². The Kier molecular flexibility index (Phi) is 6.58. The van der Waals surface area contributed by atoms with Crippen LogP contribution in [0.1, 0.15) is 31.9 Å². The number of rotatable bonds is 5. The van der Waals surface area contributed by atoms with Crippen molar-refractivity contribution in [3.8, 4) is 5.88 Å². The van der Waals surface area contributed by atoms with E-state index in [1.807, 2.05) is 0 Å². The lowest BCUT2D eigenvalue weighted by molar-refractivity contribution is -0.385. The first-order chi connectivity index (χ1) is 13.1. The first-order valence-electron chi connectivity index (χ1n) is 8.26. The fourth-order valence-corrected chi connectivity index (χ4v) is 2.46. The summed E-state index contributed by atoms with van der Waals surface area (Å²) in [4.78, 5) is 26.8. The monoisotopic (exact) mass is 405 g/mol. The van der Waals surface area contributed by atoms with E-state index in [1.54, 1.807) is 39.0 Å². The summed E-state index contributed by atoms with van der Waals surface area (Å²) >= 11 is 6.15. The van der Waals surface area contributed by atoms with Crippen molar-refractivity contribution in [2.45, 2.75) is 26.4 Å². The van der Waals surface area contributed by atoms with E-state index in [4.69, 9.17) is 21.1 Å². The van der Waals surface area contributed by atoms with Crippen molar-refractivity contribution in [1.82, 2.24) is 4.98 Å². The van der Waals surface area contributed by atoms with Crippen LogP contribution in [0.25, 0.3) is 12.2 Å². The molecule has 0 aliphatic rings. The number of amides is 1. The average Bonchev–Trinajstić information content (AvgIpc) is 2.59. The van der Waals surface area contributed by atoms with Crippen LogP contribution in [0.5, 0.6) is 5.88 Å². The molecule has 2 aromatic rings. The van der Waals surface area contributed by atoms with Gasteiger partial charge in [-0.05, 0) is 51.1 Å². The molecule has 148 valence electrons. The zero-order valence-electron chi connectivity index (χ0n) is 15.9. The molecule has 0 saturated carbocycles. The van der Waals surface area contributed by atoms with Gasteiger partial charge in [0, 0.05) is 12.3 Å². The second-order valence-corrected chi connectivity index (χ2v) is 7.11. The van der Waals surface area contributed by atoms with Crippen molar-refractivity contribution in [3.05, 3.63) is 56.7 Å². The smallest absolute Gasteiger partial charge is 0.412 e. The number of nitro groups is 1. The molecule has 0 aliphatic heterocycles. The second kappa shape index (κ2) is 8.71. The van der Waals surface area contributed by atoms with E-state index in [1.165, 1.54) is 31.5 Å². The van der Waals surface area contributed by atoms with Gasteiger partial charge in [0.1, 0.15) is 5.60 Å². The minimum Gasteiger partial charge on any atom is -0.481 e. The molecule has 0 radical (unpaired) electrons. The summed E-state index contributed by atoms with van der Waals surface area (Å²) < 4.78 is 10.3. The lowest BCUT2D eigenvalue weighted by Gasteiger charge is -2.19. The van der Waals surface area contributed by atoms with Gasteiger partial charge in [0.2, 0.25) is 5.88 Å². The molecule has 8 nitrogen and oxygen atoms in total. The number of halogens is 1. The Hall–Kier alpha value is -3.13. The number of pyridine rings is 1. The van der Waals surface area contributed by atoms with Gasteiger partial charge in [0.15, 0.2) is 0 Å². The number of hydrogen-bond acceptors (Lipinski definition) is 6. The molecule has 0 fully saturated rings. The first kappa shape index (κ1) is 21.2. The van der Waals surface area contributed by atoms with Crippen LogP contribution in [0, 0.1) is 10.1 Å². The zero-order valence-corrected chi connectivity index (χ0v) is 16.6. The molecule has 28 heavy (non-hydrogen) atoms. The summed E-state index contributed by atoms with van der Waals surface area (Å²) in [5.74, 6) is 0.301. The lowest BCUT2D eigenvalue weighted by atomic mass is 10.1. The van der Waals surface area contributed by atoms with Gasteiger partial charge < -0.3 is 9.47 Å². The van der Waals surface area contributed by atoms with Crippen LogP contribution in [-0.2, 0) is 4.74 Å². The van der Waals surface area contributed by atoms with Crippen LogP contribution in [0.3, 0.4) is 0 Å². The number of nitrogens with zero attached hydrogens (tertiary/aromatic N) is 2. The topological polar surface area (TPSA) is 104 Å². The highest BCUT2D eigenvalue weighted by Gasteiger charge is 2.18. The summed E-state index contributed by atoms with van der Waals surface area (Å²) in [5.41, 5.74) is 0.193. The molecule has 1 amide bonds. The molecule has 1 aromatic carbocycles. The molecular formula is C19H20ClN3O5. The Bertz CT molecular complexity index is 922. The molecular weight excluding hydrogens is 386 g/mol. The van der Waals surface area contributed by atoms with E-state index < -0.39 is 16.6 Å². The standard InChI is InChI=1S/C19H20ClN3O5/c1-19(2,3)28-18(24)22-13-7-5-12(16(11-13)23(25)26)6-8-14-15(20)9-10-21-17(14)27-4/h5-11H,1-4H3,(H,22,24). The van der Waals surface area contributed by atoms with Crippen molar-refractivity contribution >= 4 is 41.2 Å². The highest BCUT2D eigenvalue weighted by molar-refractivity contribution is 6.32. The average molecular weight is 406 g/mol. The third kappa shape index (κ3) is 5.68. The molecule has 0 aliphatic carbocycles. The summed E-state index contributed by atoms with van der Waals surface area (Å²) in [6, 6.07) is 5.90. The molecule has 0 saturated heterocycles. The maximum atomic E-state index is 11.9. The van der Waals surface area contributed by atoms with Gasteiger partial charge in [-0.2, -0.15) is 0 Å². The van der Waals surface area contributed by atoms with Gasteiger partial charge in [-0.1, -0.05) is 11.6 Å². The molecule has 2 rings (SSSR count). The number of carbonyl (C=O) groups is 1. The van der Waals surface area contributed by atoms with Gasteiger partial charge in [-0.25, -0.2) is 9.78 Å². The normalized spacial score (nSPS) is 11.3. The number of ether oxygens (including phenoxy) is 2. The summed E-state index contributed by atoms with van der Waals surface area (Å²) in [5, 5.41) is 14.3. The molecule has 0 unspecified atom stereocenters. The number of nitrogens with one attached hydrogen (secondary N) is 1. The third-order valence-corrected chi connectivity index (χ3v) is 3.73. The van der Waals surface area contributed by atoms with Crippen molar-refractivity contribution < 1.29 is 19.2 Å². The fourth-order valence-electron chi connectivity index (χ4n) is 2.26. The van der Waals surface area contributed by atoms with Gasteiger partial charge in [-0.15, -0.1) is 0 Å². The quantitative estimate of drug-likeness (QED) is 0.543. The highest BCUT2D eigenvalue weighted by atomic mass is 35.5. The summed E-state index contributed by atoms with van der Waals surface area (Å²) in [6.45, 7) is 5.17. The van der Waals surface area contributed by atoms with Crippen molar-refractivity contribution in [2.75, 3.05) is 12.4 Å². The predicted molar refractivity (Wildman–Crippen MR) is 108 cm³/mol. The molecule has 0 spiro atoms. The molecule has 1 heterocycles. The van der Waals surface area contributed by atoms with Crippen LogP contribution in [0.2, 0.25) is 5.02 Å². The van der Waals surface area contributed by atoms with E-state index >= 15 is 0 Å². The van der Waals surface area contributed by atoms with Gasteiger partial charge >= 0.3 is 6.09 Å². The summed E-state index contributed by atoms with van der Waals surface area (Å²) in [6.07, 6.45) is 3.91. The zero-order chi connectivity index (χ0) is 20.9. The van der Waals surface area contributed by atoms with Crippen molar-refractivity contribution in [3.63, 3.8) is 0 Å². The molecule has 1 aromatic heterocycles. The lowest BCUT2D eigenvalue weighted by Crippen LogP contribution is -2.27. The van der Waals surface area contributed by atoms with Crippen LogP contribution < -0.4 is 10.1 Å². The number of methoxy groups -OCH3 is 1. The van der Waals surface area contributed by atoms with Crippen LogP contribution in [0.4, 0.5) is 16.2 Å². The Morgan fingerprint density at radius 3 is 2.61 bits per heavy atom. The molecule has 0 atom stereocenters. The minimum atomic E-state index is -0.697. The molecule has 1 N–H and O–H groups in total. The van der Waals surface area contributed by atoms with Crippen LogP contribution in [-0.4, -0.2) is 28.7 Å². The number of benzene rings is 1. The third-order valence-electron chi connectivity index (χ3n) is 3.40. The Morgan fingerprint density at radius 1 is 1.29 bits per heavy atom. The number of aromatic nitrogens is 1. The predicted octanol–water partition coefficient (Wildman–Crippen LogP) is 5.17. The van der Waals surface area contributed by atoms with Crippen molar-refractivity contribution in [2.24, 2.45) is 0 Å². The van der Waals surface area contributed by atoms with E-state index in [0.29, 0.717) is 22.0 Å². The minimum absolute atomic E-state index is 0.191. The molecule has 9 heteroatoms. The van der Waals surface area contributed by atoms with Crippen LogP contribution in [0.15, 0.2) is 30.5 Å². The van der Waals surface area contributed by atoms with E-state index in [9.17, 15) is 14.9 Å². The maximum Gasteiger partial charge on any atom is 0.412 e. The number of nitro benzene ring substituents is 1. The van der Waals surface area contributed by atoms with E-state index in [-0.39, 0.29) is 11.4 Å². The Balaban J connectivity index is 2.31.